The third kappa shape index (κ3) is 3.84. The van der Waals surface area contributed by atoms with Crippen molar-refractivity contribution in [3.63, 3.8) is 0 Å². The molecule has 0 saturated carbocycles. The van der Waals surface area contributed by atoms with Crippen molar-refractivity contribution in [1.29, 1.82) is 0 Å². The minimum absolute atomic E-state index is 0.199. The summed E-state index contributed by atoms with van der Waals surface area (Å²) in [6.07, 6.45) is 0. The number of methoxy groups -OCH3 is 1. The molecule has 0 aliphatic carbocycles. The lowest BCUT2D eigenvalue weighted by molar-refractivity contribution is 0.264. The summed E-state index contributed by atoms with van der Waals surface area (Å²) < 4.78 is 21.8. The van der Waals surface area contributed by atoms with Crippen LogP contribution < -0.4 is 14.2 Å². The Labute approximate surface area is 140 Å². The van der Waals surface area contributed by atoms with E-state index in [1.807, 2.05) is 55.5 Å². The molecule has 6 heteroatoms. The van der Waals surface area contributed by atoms with E-state index in [-0.39, 0.29) is 6.61 Å². The summed E-state index contributed by atoms with van der Waals surface area (Å²) in [7, 11) is 1.61. The van der Waals surface area contributed by atoms with E-state index in [0.717, 1.165) is 17.1 Å². The Morgan fingerprint density at radius 1 is 0.917 bits per heavy atom. The Morgan fingerprint density at radius 2 is 1.67 bits per heavy atom. The van der Waals surface area contributed by atoms with Gasteiger partial charge in [0.1, 0.15) is 17.2 Å². The lowest BCUT2D eigenvalue weighted by Crippen LogP contribution is -1.96. The number of aromatic nitrogens is 2. The summed E-state index contributed by atoms with van der Waals surface area (Å²) in [5, 5.41) is 8.04. The summed E-state index contributed by atoms with van der Waals surface area (Å²) >= 11 is 0. The van der Waals surface area contributed by atoms with Gasteiger partial charge in [0.25, 0.3) is 5.89 Å². The Morgan fingerprint density at radius 3 is 2.38 bits per heavy atom. The number of ether oxygens (including phenoxy) is 3. The summed E-state index contributed by atoms with van der Waals surface area (Å²) in [4.78, 5) is 0. The predicted molar refractivity (Wildman–Crippen MR) is 88.2 cm³/mol. The molecule has 0 atom stereocenters. The minimum Gasteiger partial charge on any atom is -0.497 e. The van der Waals surface area contributed by atoms with Gasteiger partial charge in [0.2, 0.25) is 5.89 Å². The second kappa shape index (κ2) is 7.50. The quantitative estimate of drug-likeness (QED) is 0.659. The molecule has 3 aromatic rings. The number of hydrogen-bond acceptors (Lipinski definition) is 6. The highest BCUT2D eigenvalue weighted by Gasteiger charge is 2.10. The zero-order valence-electron chi connectivity index (χ0n) is 13.6. The van der Waals surface area contributed by atoms with E-state index in [1.165, 1.54) is 0 Å². The first-order valence-corrected chi connectivity index (χ1v) is 7.61. The van der Waals surface area contributed by atoms with Gasteiger partial charge in [0, 0.05) is 5.56 Å². The summed E-state index contributed by atoms with van der Waals surface area (Å²) in [6.45, 7) is 2.78. The third-order valence-corrected chi connectivity index (χ3v) is 3.28. The first-order valence-electron chi connectivity index (χ1n) is 7.61. The molecule has 6 nitrogen and oxygen atoms in total. The van der Waals surface area contributed by atoms with Crippen LogP contribution in [-0.2, 0) is 6.61 Å². The summed E-state index contributed by atoms with van der Waals surface area (Å²) in [5.74, 6) is 3.08. The maximum absolute atomic E-state index is 5.64. The van der Waals surface area contributed by atoms with Crippen molar-refractivity contribution in [3.05, 3.63) is 54.4 Å². The van der Waals surface area contributed by atoms with Crippen LogP contribution in [0.5, 0.6) is 17.2 Å². The molecule has 0 fully saturated rings. The number of benzene rings is 2. The second-order valence-electron chi connectivity index (χ2n) is 4.93. The molecular weight excluding hydrogens is 308 g/mol. The van der Waals surface area contributed by atoms with E-state index in [0.29, 0.717) is 24.1 Å². The fourth-order valence-electron chi connectivity index (χ4n) is 2.13. The van der Waals surface area contributed by atoms with Gasteiger partial charge in [-0.1, -0.05) is 6.07 Å². The first kappa shape index (κ1) is 15.9. The summed E-state index contributed by atoms with van der Waals surface area (Å²) in [5.41, 5.74) is 0.800. The van der Waals surface area contributed by atoms with Crippen LogP contribution in [0.4, 0.5) is 0 Å². The van der Waals surface area contributed by atoms with Crippen molar-refractivity contribution in [2.24, 2.45) is 0 Å². The molecule has 0 radical (unpaired) electrons. The highest BCUT2D eigenvalue weighted by atomic mass is 16.5. The van der Waals surface area contributed by atoms with E-state index in [4.69, 9.17) is 18.6 Å². The lowest BCUT2D eigenvalue weighted by Gasteiger charge is -2.05. The Balaban J connectivity index is 1.63. The van der Waals surface area contributed by atoms with Gasteiger partial charge in [-0.05, 0) is 49.4 Å². The molecule has 0 aliphatic heterocycles. The largest absolute Gasteiger partial charge is 0.497 e. The molecule has 24 heavy (non-hydrogen) atoms. The van der Waals surface area contributed by atoms with Gasteiger partial charge in [-0.25, -0.2) is 0 Å². The zero-order valence-corrected chi connectivity index (χ0v) is 13.6. The van der Waals surface area contributed by atoms with Crippen molar-refractivity contribution in [2.75, 3.05) is 13.7 Å². The van der Waals surface area contributed by atoms with Crippen LogP contribution in [0.3, 0.4) is 0 Å². The molecule has 0 aliphatic rings. The van der Waals surface area contributed by atoms with Crippen LogP contribution in [0, 0.1) is 0 Å². The van der Waals surface area contributed by atoms with E-state index >= 15 is 0 Å². The van der Waals surface area contributed by atoms with Crippen LogP contribution in [-0.4, -0.2) is 23.9 Å². The highest BCUT2D eigenvalue weighted by molar-refractivity contribution is 5.55. The first-order chi connectivity index (χ1) is 11.8. The monoisotopic (exact) mass is 326 g/mol. The van der Waals surface area contributed by atoms with Crippen molar-refractivity contribution in [3.8, 4) is 28.7 Å². The molecule has 124 valence electrons. The van der Waals surface area contributed by atoms with Crippen LogP contribution in [0.1, 0.15) is 12.8 Å². The fraction of sp³-hybridized carbons (Fsp3) is 0.222. The SMILES string of the molecule is CCOc1ccc(OCc2nnc(-c3cccc(OC)c3)o2)cc1. The van der Waals surface area contributed by atoms with Gasteiger partial charge in [0.05, 0.1) is 13.7 Å². The van der Waals surface area contributed by atoms with E-state index < -0.39 is 0 Å². The molecule has 0 spiro atoms. The lowest BCUT2D eigenvalue weighted by atomic mass is 10.2. The van der Waals surface area contributed by atoms with E-state index in [1.54, 1.807) is 7.11 Å². The van der Waals surface area contributed by atoms with Crippen molar-refractivity contribution in [1.82, 2.24) is 10.2 Å². The maximum Gasteiger partial charge on any atom is 0.254 e. The average Bonchev–Trinajstić information content (AvgIpc) is 3.10. The molecule has 0 N–H and O–H groups in total. The Kier molecular flexibility index (Phi) is 4.96. The van der Waals surface area contributed by atoms with Crippen molar-refractivity contribution >= 4 is 0 Å². The predicted octanol–water partition coefficient (Wildman–Crippen LogP) is 3.72. The molecule has 1 aromatic heterocycles. The number of hydrogen-bond donors (Lipinski definition) is 0. The van der Waals surface area contributed by atoms with Gasteiger partial charge in [-0.15, -0.1) is 10.2 Å². The van der Waals surface area contributed by atoms with Crippen molar-refractivity contribution in [2.45, 2.75) is 13.5 Å². The third-order valence-electron chi connectivity index (χ3n) is 3.28. The maximum atomic E-state index is 5.64. The normalized spacial score (nSPS) is 10.4. The van der Waals surface area contributed by atoms with Crippen LogP contribution in [0.25, 0.3) is 11.5 Å². The second-order valence-corrected chi connectivity index (χ2v) is 4.93. The van der Waals surface area contributed by atoms with Gasteiger partial charge >= 0.3 is 0 Å². The summed E-state index contributed by atoms with van der Waals surface area (Å²) in [6, 6.07) is 14.8. The molecular formula is C18H18N2O4. The number of rotatable bonds is 7. The molecule has 0 amide bonds. The Bertz CT molecular complexity index is 784. The molecule has 1 heterocycles. The van der Waals surface area contributed by atoms with Crippen molar-refractivity contribution < 1.29 is 18.6 Å². The van der Waals surface area contributed by atoms with Crippen LogP contribution in [0.15, 0.2) is 52.9 Å². The zero-order chi connectivity index (χ0) is 16.8. The smallest absolute Gasteiger partial charge is 0.254 e. The standard InChI is InChI=1S/C18H18N2O4/c1-3-22-14-7-9-15(10-8-14)23-12-17-19-20-18(24-17)13-5-4-6-16(11-13)21-2/h4-11H,3,12H2,1-2H3. The molecule has 0 saturated heterocycles. The van der Waals surface area contributed by atoms with Gasteiger partial charge in [-0.3, -0.25) is 0 Å². The minimum atomic E-state index is 0.199. The van der Waals surface area contributed by atoms with E-state index in [9.17, 15) is 0 Å². The molecule has 3 rings (SSSR count). The molecule has 2 aromatic carbocycles. The number of nitrogens with zero attached hydrogens (tertiary/aromatic N) is 2. The topological polar surface area (TPSA) is 66.6 Å². The van der Waals surface area contributed by atoms with Gasteiger partial charge < -0.3 is 18.6 Å². The highest BCUT2D eigenvalue weighted by Crippen LogP contribution is 2.23. The molecule has 0 bridgehead atoms. The Hall–Kier alpha value is -3.02. The van der Waals surface area contributed by atoms with E-state index in [2.05, 4.69) is 10.2 Å². The van der Waals surface area contributed by atoms with Crippen LogP contribution in [0.2, 0.25) is 0 Å². The fourth-order valence-corrected chi connectivity index (χ4v) is 2.13. The molecule has 0 unspecified atom stereocenters. The van der Waals surface area contributed by atoms with Gasteiger partial charge in [0.15, 0.2) is 6.61 Å². The van der Waals surface area contributed by atoms with Gasteiger partial charge in [-0.2, -0.15) is 0 Å². The van der Waals surface area contributed by atoms with Crippen LogP contribution >= 0.6 is 0 Å². The average molecular weight is 326 g/mol.